The number of sulfonamides is 1. The van der Waals surface area contributed by atoms with Gasteiger partial charge in [-0.2, -0.15) is 0 Å². The van der Waals surface area contributed by atoms with Crippen molar-refractivity contribution in [2.45, 2.75) is 24.2 Å². The van der Waals surface area contributed by atoms with Gasteiger partial charge in [0, 0.05) is 18.1 Å². The number of primary sulfonamides is 1. The van der Waals surface area contributed by atoms with E-state index in [1.165, 1.54) is 6.42 Å². The lowest BCUT2D eigenvalue weighted by molar-refractivity contribution is 0.393. The summed E-state index contributed by atoms with van der Waals surface area (Å²) in [7, 11) is -3.63. The van der Waals surface area contributed by atoms with Crippen LogP contribution in [0.2, 0.25) is 5.02 Å². The van der Waals surface area contributed by atoms with E-state index in [4.69, 9.17) is 21.7 Å². The highest BCUT2D eigenvalue weighted by Gasteiger charge is 2.22. The zero-order chi connectivity index (χ0) is 21.1. The molecule has 30 heavy (non-hydrogen) atoms. The van der Waals surface area contributed by atoms with Crippen molar-refractivity contribution in [3.63, 3.8) is 0 Å². The van der Waals surface area contributed by atoms with Gasteiger partial charge in [-0.3, -0.25) is 0 Å². The van der Waals surface area contributed by atoms with Gasteiger partial charge < -0.3 is 10.2 Å². The predicted octanol–water partition coefficient (Wildman–Crippen LogP) is 3.65. The van der Waals surface area contributed by atoms with Gasteiger partial charge in [-0.05, 0) is 74.2 Å². The Balaban J connectivity index is 1.27. The maximum absolute atomic E-state index is 11.3. The molecule has 1 aromatic heterocycles. The van der Waals surface area contributed by atoms with Crippen LogP contribution >= 0.6 is 22.9 Å². The summed E-state index contributed by atoms with van der Waals surface area (Å²) in [6, 6.07) is 12.6. The van der Waals surface area contributed by atoms with Crippen LogP contribution in [0.5, 0.6) is 0 Å². The lowest BCUT2D eigenvalue weighted by atomic mass is 9.98. The van der Waals surface area contributed by atoms with Crippen molar-refractivity contribution < 1.29 is 8.42 Å². The molecule has 0 amide bonds. The number of halogens is 1. The van der Waals surface area contributed by atoms with Gasteiger partial charge in [0.25, 0.3) is 0 Å². The average molecular weight is 465 g/mol. The first-order valence-corrected chi connectivity index (χ1v) is 12.8. The molecule has 3 N–H and O–H groups in total. The van der Waals surface area contributed by atoms with Gasteiger partial charge in [0.15, 0.2) is 5.13 Å². The molecule has 3 aromatic rings. The second-order valence-corrected chi connectivity index (χ2v) is 10.7. The summed E-state index contributed by atoms with van der Waals surface area (Å²) in [6.45, 7) is 3.86. The first-order valence-electron chi connectivity index (χ1n) is 10.0. The monoisotopic (exact) mass is 464 g/mol. The highest BCUT2D eigenvalue weighted by atomic mass is 35.5. The third kappa shape index (κ3) is 5.31. The number of piperidine rings is 1. The van der Waals surface area contributed by atoms with E-state index in [1.807, 2.05) is 30.3 Å². The van der Waals surface area contributed by atoms with E-state index in [2.05, 4.69) is 10.2 Å². The summed E-state index contributed by atoms with van der Waals surface area (Å²) in [4.78, 5) is 7.33. The molecule has 1 aliphatic rings. The molecule has 0 spiro atoms. The van der Waals surface area contributed by atoms with Gasteiger partial charge in [-0.1, -0.05) is 35.1 Å². The Morgan fingerprint density at radius 1 is 1.23 bits per heavy atom. The SMILES string of the molecule is NS(=O)(=O)c1ccc(CCNCC2CCCN(c3nc4ccc(Cl)cc4s3)C2)cc1. The molecule has 4 rings (SSSR count). The number of aromatic nitrogens is 1. The van der Waals surface area contributed by atoms with Gasteiger partial charge in [0.05, 0.1) is 15.1 Å². The van der Waals surface area contributed by atoms with Gasteiger partial charge in [0.1, 0.15) is 0 Å². The van der Waals surface area contributed by atoms with Gasteiger partial charge in [-0.15, -0.1) is 0 Å². The number of hydrogen-bond acceptors (Lipinski definition) is 6. The standard InChI is InChI=1S/C21H25ClN4O2S2/c22-17-5-8-19-20(12-17)29-21(25-19)26-11-1-2-16(14-26)13-24-10-9-15-3-6-18(7-4-15)30(23,27)28/h3-8,12,16,24H,1-2,9-11,13-14H2,(H2,23,27,28). The van der Waals surface area contributed by atoms with Crippen molar-refractivity contribution in [3.8, 4) is 0 Å². The topological polar surface area (TPSA) is 88.3 Å². The minimum Gasteiger partial charge on any atom is -0.348 e. The number of benzene rings is 2. The lowest BCUT2D eigenvalue weighted by Crippen LogP contribution is -2.40. The third-order valence-corrected chi connectivity index (χ3v) is 7.65. The summed E-state index contributed by atoms with van der Waals surface area (Å²) < 4.78 is 23.8. The molecule has 1 unspecified atom stereocenters. The van der Waals surface area contributed by atoms with E-state index >= 15 is 0 Å². The summed E-state index contributed by atoms with van der Waals surface area (Å²) in [5.74, 6) is 0.583. The largest absolute Gasteiger partial charge is 0.348 e. The number of nitrogens with one attached hydrogen (secondary N) is 1. The number of hydrogen-bond donors (Lipinski definition) is 2. The number of anilines is 1. The Bertz CT molecular complexity index is 1120. The van der Waals surface area contributed by atoms with Gasteiger partial charge in [-0.25, -0.2) is 18.5 Å². The molecule has 6 nitrogen and oxygen atoms in total. The van der Waals surface area contributed by atoms with Crippen LogP contribution in [-0.2, 0) is 16.4 Å². The van der Waals surface area contributed by atoms with E-state index in [0.29, 0.717) is 5.92 Å². The van der Waals surface area contributed by atoms with E-state index in [0.717, 1.165) is 65.0 Å². The van der Waals surface area contributed by atoms with Gasteiger partial charge >= 0.3 is 0 Å². The molecular weight excluding hydrogens is 440 g/mol. The normalized spacial score (nSPS) is 17.5. The number of fused-ring (bicyclic) bond motifs is 1. The second kappa shape index (κ2) is 9.20. The van der Waals surface area contributed by atoms with E-state index in [-0.39, 0.29) is 4.90 Å². The molecule has 1 fully saturated rings. The number of thiazole rings is 1. The Labute approximate surface area is 186 Å². The van der Waals surface area contributed by atoms with Crippen molar-refractivity contribution in [2.75, 3.05) is 31.1 Å². The molecule has 0 radical (unpaired) electrons. The summed E-state index contributed by atoms with van der Waals surface area (Å²) in [5.41, 5.74) is 2.10. The van der Waals surface area contributed by atoms with Crippen molar-refractivity contribution in [3.05, 3.63) is 53.1 Å². The maximum Gasteiger partial charge on any atom is 0.238 e. The zero-order valence-corrected chi connectivity index (χ0v) is 18.9. The van der Waals surface area contributed by atoms with Gasteiger partial charge in [0.2, 0.25) is 10.0 Å². The number of nitrogens with two attached hydrogens (primary N) is 1. The third-order valence-electron chi connectivity index (χ3n) is 5.40. The fourth-order valence-corrected chi connectivity index (χ4v) is 5.60. The fraction of sp³-hybridized carbons (Fsp3) is 0.381. The molecule has 0 aliphatic carbocycles. The van der Waals surface area contributed by atoms with Crippen LogP contribution < -0.4 is 15.4 Å². The first kappa shape index (κ1) is 21.5. The summed E-state index contributed by atoms with van der Waals surface area (Å²) >= 11 is 7.81. The van der Waals surface area contributed by atoms with Crippen molar-refractivity contribution in [1.82, 2.24) is 10.3 Å². The first-order chi connectivity index (χ1) is 14.4. The summed E-state index contributed by atoms with van der Waals surface area (Å²) in [6.07, 6.45) is 3.22. The molecule has 2 aromatic carbocycles. The van der Waals surface area contributed by atoms with E-state index < -0.39 is 10.0 Å². The predicted molar refractivity (Wildman–Crippen MR) is 124 cm³/mol. The smallest absolute Gasteiger partial charge is 0.238 e. The summed E-state index contributed by atoms with van der Waals surface area (Å²) in [5, 5.41) is 10.5. The Hall–Kier alpha value is -1.71. The minimum absolute atomic E-state index is 0.152. The van der Waals surface area contributed by atoms with E-state index in [9.17, 15) is 8.42 Å². The fourth-order valence-electron chi connectivity index (χ4n) is 3.81. The Morgan fingerprint density at radius 2 is 2.03 bits per heavy atom. The Kier molecular flexibility index (Phi) is 6.60. The quantitative estimate of drug-likeness (QED) is 0.521. The molecule has 2 heterocycles. The van der Waals surface area contributed by atoms with E-state index in [1.54, 1.807) is 23.5 Å². The molecule has 1 saturated heterocycles. The molecule has 9 heteroatoms. The molecule has 160 valence electrons. The van der Waals surface area contributed by atoms with Crippen molar-refractivity contribution in [1.29, 1.82) is 0 Å². The van der Waals surface area contributed by atoms with Crippen LogP contribution in [-0.4, -0.2) is 39.6 Å². The lowest BCUT2D eigenvalue weighted by Gasteiger charge is -2.32. The van der Waals surface area contributed by atoms with Crippen LogP contribution in [0.4, 0.5) is 5.13 Å². The molecule has 1 atom stereocenters. The molecule has 0 bridgehead atoms. The van der Waals surface area contributed by atoms with Crippen LogP contribution in [0.25, 0.3) is 10.2 Å². The molecule has 1 aliphatic heterocycles. The van der Waals surface area contributed by atoms with Crippen LogP contribution in [0.1, 0.15) is 18.4 Å². The number of nitrogens with zero attached hydrogens (tertiary/aromatic N) is 2. The average Bonchev–Trinajstić information content (AvgIpc) is 3.14. The van der Waals surface area contributed by atoms with Crippen LogP contribution in [0.15, 0.2) is 47.4 Å². The molecule has 0 saturated carbocycles. The Morgan fingerprint density at radius 3 is 2.80 bits per heavy atom. The minimum atomic E-state index is -3.63. The maximum atomic E-state index is 11.3. The highest BCUT2D eigenvalue weighted by Crippen LogP contribution is 2.32. The van der Waals surface area contributed by atoms with Crippen LogP contribution in [0.3, 0.4) is 0 Å². The molecular formula is C21H25ClN4O2S2. The van der Waals surface area contributed by atoms with Crippen molar-refractivity contribution >= 4 is 48.3 Å². The number of rotatable bonds is 7. The second-order valence-electron chi connectivity index (χ2n) is 7.71. The van der Waals surface area contributed by atoms with Crippen molar-refractivity contribution in [2.24, 2.45) is 11.1 Å². The van der Waals surface area contributed by atoms with Crippen LogP contribution in [0, 0.1) is 5.92 Å². The zero-order valence-electron chi connectivity index (χ0n) is 16.6. The highest BCUT2D eigenvalue weighted by molar-refractivity contribution is 7.89.